The Kier molecular flexibility index (Phi) is 4.21. The van der Waals surface area contributed by atoms with Crippen LogP contribution in [0, 0.1) is 17.0 Å². The number of anilines is 1. The summed E-state index contributed by atoms with van der Waals surface area (Å²) in [5.74, 6) is 0.169. The lowest BCUT2D eigenvalue weighted by atomic mass is 10.2. The molecule has 9 nitrogen and oxygen atoms in total. The van der Waals surface area contributed by atoms with E-state index in [0.29, 0.717) is 5.95 Å². The summed E-state index contributed by atoms with van der Waals surface area (Å²) in [6.45, 7) is 1.98. The van der Waals surface area contributed by atoms with Crippen LogP contribution in [-0.4, -0.2) is 33.3 Å². The zero-order valence-electron chi connectivity index (χ0n) is 13.5. The van der Waals surface area contributed by atoms with Crippen molar-refractivity contribution >= 4 is 28.9 Å². The summed E-state index contributed by atoms with van der Waals surface area (Å²) in [4.78, 5) is 17.7. The maximum absolute atomic E-state index is 10.9. The summed E-state index contributed by atoms with van der Waals surface area (Å²) in [5, 5.41) is 25.0. The third-order valence-corrected chi connectivity index (χ3v) is 3.53. The van der Waals surface area contributed by atoms with Gasteiger partial charge >= 0.3 is 0 Å². The molecular formula is C16H15N5O4. The minimum atomic E-state index is -0.575. The molecular weight excluding hydrogens is 326 g/mol. The van der Waals surface area contributed by atoms with Gasteiger partial charge in [-0.05, 0) is 24.6 Å². The van der Waals surface area contributed by atoms with Crippen LogP contribution < -0.4 is 10.2 Å². The van der Waals surface area contributed by atoms with Crippen LogP contribution in [0.5, 0.6) is 11.5 Å². The van der Waals surface area contributed by atoms with Gasteiger partial charge < -0.3 is 14.8 Å². The van der Waals surface area contributed by atoms with Crippen LogP contribution in [0.4, 0.5) is 11.6 Å². The van der Waals surface area contributed by atoms with Gasteiger partial charge in [-0.2, -0.15) is 5.10 Å². The van der Waals surface area contributed by atoms with E-state index in [1.165, 1.54) is 19.4 Å². The number of benzene rings is 2. The number of fused-ring (bicyclic) bond motifs is 1. The fourth-order valence-corrected chi connectivity index (χ4v) is 2.31. The quantitative estimate of drug-likeness (QED) is 0.372. The highest BCUT2D eigenvalue weighted by Crippen LogP contribution is 2.33. The maximum Gasteiger partial charge on any atom is 0.274 e. The average molecular weight is 341 g/mol. The molecule has 128 valence electrons. The largest absolute Gasteiger partial charge is 0.504 e. The molecule has 0 radical (unpaired) electrons. The van der Waals surface area contributed by atoms with E-state index in [4.69, 9.17) is 4.74 Å². The van der Waals surface area contributed by atoms with Crippen molar-refractivity contribution in [3.63, 3.8) is 0 Å². The number of H-pyrrole nitrogens is 1. The number of aromatic hydroxyl groups is 1. The normalized spacial score (nSPS) is 11.1. The van der Waals surface area contributed by atoms with Gasteiger partial charge in [0, 0.05) is 11.6 Å². The molecule has 25 heavy (non-hydrogen) atoms. The van der Waals surface area contributed by atoms with Gasteiger partial charge in [-0.25, -0.2) is 10.4 Å². The molecule has 2 aromatic carbocycles. The summed E-state index contributed by atoms with van der Waals surface area (Å²) in [5.41, 5.74) is 5.36. The van der Waals surface area contributed by atoms with Crippen molar-refractivity contribution in [3.8, 4) is 11.5 Å². The van der Waals surface area contributed by atoms with Gasteiger partial charge in [0.25, 0.3) is 5.69 Å². The SMILES string of the molecule is COc1cc([N+](=O)[O-])cc(/C=N\Nc2nc3ccc(C)cc3[nH]2)c1O. The number of hydrazone groups is 1. The third-order valence-electron chi connectivity index (χ3n) is 3.53. The predicted octanol–water partition coefficient (Wildman–Crippen LogP) is 2.94. The second-order valence-electron chi connectivity index (χ2n) is 5.32. The van der Waals surface area contributed by atoms with E-state index in [-0.39, 0.29) is 22.7 Å². The molecule has 0 saturated heterocycles. The number of nitrogens with one attached hydrogen (secondary N) is 2. The smallest absolute Gasteiger partial charge is 0.274 e. The number of non-ortho nitro benzene ring substituents is 1. The van der Waals surface area contributed by atoms with Crippen molar-refractivity contribution in [2.24, 2.45) is 5.10 Å². The number of hydrogen-bond acceptors (Lipinski definition) is 7. The van der Waals surface area contributed by atoms with Crippen LogP contribution in [0.1, 0.15) is 11.1 Å². The Morgan fingerprint density at radius 2 is 2.20 bits per heavy atom. The van der Waals surface area contributed by atoms with E-state index in [9.17, 15) is 15.2 Å². The zero-order valence-corrected chi connectivity index (χ0v) is 13.5. The first kappa shape index (κ1) is 16.2. The predicted molar refractivity (Wildman–Crippen MR) is 93.4 cm³/mol. The number of hydrogen-bond donors (Lipinski definition) is 3. The van der Waals surface area contributed by atoms with E-state index < -0.39 is 4.92 Å². The average Bonchev–Trinajstić information content (AvgIpc) is 2.97. The van der Waals surface area contributed by atoms with Gasteiger partial charge in [0.15, 0.2) is 11.5 Å². The van der Waals surface area contributed by atoms with Crippen molar-refractivity contribution in [1.82, 2.24) is 9.97 Å². The van der Waals surface area contributed by atoms with Gasteiger partial charge in [-0.3, -0.25) is 10.1 Å². The number of aromatic nitrogens is 2. The summed E-state index contributed by atoms with van der Waals surface area (Å²) in [7, 11) is 1.31. The van der Waals surface area contributed by atoms with Gasteiger partial charge in [-0.1, -0.05) is 6.07 Å². The molecule has 0 atom stereocenters. The fraction of sp³-hybridized carbons (Fsp3) is 0.125. The molecule has 0 bridgehead atoms. The summed E-state index contributed by atoms with van der Waals surface area (Å²) in [6.07, 6.45) is 1.25. The highest BCUT2D eigenvalue weighted by Gasteiger charge is 2.15. The molecule has 9 heteroatoms. The number of phenolic OH excluding ortho intramolecular Hbond substituents is 1. The third kappa shape index (κ3) is 3.34. The van der Waals surface area contributed by atoms with Gasteiger partial charge in [0.1, 0.15) is 0 Å². The van der Waals surface area contributed by atoms with E-state index in [0.717, 1.165) is 22.7 Å². The van der Waals surface area contributed by atoms with Crippen molar-refractivity contribution in [2.75, 3.05) is 12.5 Å². The molecule has 0 amide bonds. The molecule has 0 aliphatic carbocycles. The van der Waals surface area contributed by atoms with Crippen molar-refractivity contribution in [1.29, 1.82) is 0 Å². The fourth-order valence-electron chi connectivity index (χ4n) is 2.31. The number of nitrogens with zero attached hydrogens (tertiary/aromatic N) is 3. The Morgan fingerprint density at radius 3 is 2.92 bits per heavy atom. The number of nitro benzene ring substituents is 1. The molecule has 1 heterocycles. The minimum Gasteiger partial charge on any atom is -0.504 e. The summed E-state index contributed by atoms with van der Waals surface area (Å²) in [6, 6.07) is 8.12. The van der Waals surface area contributed by atoms with Crippen molar-refractivity contribution < 1.29 is 14.8 Å². The standard InChI is InChI=1S/C16H15N5O4/c1-9-3-4-12-13(5-9)19-16(18-12)20-17-8-10-6-11(21(23)24)7-14(25-2)15(10)22/h3-8,22H,1-2H3,(H2,18,19,20)/b17-8-. The Balaban J connectivity index is 1.85. The lowest BCUT2D eigenvalue weighted by Crippen LogP contribution is -1.96. The molecule has 3 N–H and O–H groups in total. The van der Waals surface area contributed by atoms with Gasteiger partial charge in [0.05, 0.1) is 35.3 Å². The molecule has 0 fully saturated rings. The lowest BCUT2D eigenvalue weighted by molar-refractivity contribution is -0.385. The van der Waals surface area contributed by atoms with Crippen LogP contribution in [0.25, 0.3) is 11.0 Å². The first-order valence-corrected chi connectivity index (χ1v) is 7.29. The van der Waals surface area contributed by atoms with E-state index in [2.05, 4.69) is 20.5 Å². The Hall–Kier alpha value is -3.62. The van der Waals surface area contributed by atoms with Crippen LogP contribution in [-0.2, 0) is 0 Å². The Bertz CT molecular complexity index is 980. The highest BCUT2D eigenvalue weighted by molar-refractivity contribution is 5.87. The van der Waals surface area contributed by atoms with E-state index in [1.807, 2.05) is 25.1 Å². The highest BCUT2D eigenvalue weighted by atomic mass is 16.6. The molecule has 1 aromatic heterocycles. The van der Waals surface area contributed by atoms with Gasteiger partial charge in [0.2, 0.25) is 5.95 Å². The van der Waals surface area contributed by atoms with Crippen molar-refractivity contribution in [2.45, 2.75) is 6.92 Å². The van der Waals surface area contributed by atoms with E-state index >= 15 is 0 Å². The zero-order chi connectivity index (χ0) is 18.0. The second kappa shape index (κ2) is 6.48. The Labute approximate surface area is 142 Å². The first-order valence-electron chi connectivity index (χ1n) is 7.29. The number of imidazole rings is 1. The molecule has 0 spiro atoms. The number of phenols is 1. The first-order chi connectivity index (χ1) is 12.0. The molecule has 3 aromatic rings. The topological polar surface area (TPSA) is 126 Å². The minimum absolute atomic E-state index is 0.00476. The maximum atomic E-state index is 10.9. The van der Waals surface area contributed by atoms with Gasteiger partial charge in [-0.15, -0.1) is 0 Å². The van der Waals surface area contributed by atoms with Crippen LogP contribution in [0.15, 0.2) is 35.4 Å². The number of nitro groups is 1. The lowest BCUT2D eigenvalue weighted by Gasteiger charge is -2.05. The molecule has 3 rings (SSSR count). The number of aryl methyl sites for hydroxylation is 1. The van der Waals surface area contributed by atoms with Crippen molar-refractivity contribution in [3.05, 3.63) is 51.6 Å². The molecule has 0 aliphatic heterocycles. The molecule has 0 unspecified atom stereocenters. The summed E-state index contributed by atoms with van der Waals surface area (Å²) >= 11 is 0. The van der Waals surface area contributed by atoms with E-state index in [1.54, 1.807) is 0 Å². The second-order valence-corrected chi connectivity index (χ2v) is 5.32. The number of aromatic amines is 1. The summed E-state index contributed by atoms with van der Waals surface area (Å²) < 4.78 is 4.94. The molecule has 0 aliphatic rings. The van der Waals surface area contributed by atoms with Crippen LogP contribution in [0.2, 0.25) is 0 Å². The van der Waals surface area contributed by atoms with Crippen LogP contribution in [0.3, 0.4) is 0 Å². The number of ether oxygens (including phenoxy) is 1. The Morgan fingerprint density at radius 1 is 1.40 bits per heavy atom. The monoisotopic (exact) mass is 341 g/mol. The van der Waals surface area contributed by atoms with Crippen LogP contribution >= 0.6 is 0 Å². The number of rotatable bonds is 5. The molecule has 0 saturated carbocycles. The number of methoxy groups -OCH3 is 1.